The summed E-state index contributed by atoms with van der Waals surface area (Å²) in [6.45, 7) is 8.45. The van der Waals surface area contributed by atoms with Crippen molar-refractivity contribution in [1.82, 2.24) is 15.0 Å². The van der Waals surface area contributed by atoms with Crippen LogP contribution >= 0.6 is 9.47 Å². The summed E-state index contributed by atoms with van der Waals surface area (Å²) in [7, 11) is 2.11. The van der Waals surface area contributed by atoms with Crippen LogP contribution in [0.5, 0.6) is 5.75 Å². The van der Waals surface area contributed by atoms with E-state index in [4.69, 9.17) is 14.0 Å². The lowest BCUT2D eigenvalue weighted by atomic mass is 10.1. The first-order valence-electron chi connectivity index (χ1n) is 12.1. The number of ether oxygens (including phenoxy) is 2. The predicted octanol–water partition coefficient (Wildman–Crippen LogP) is 3.91. The normalized spacial score (nSPS) is 16.6. The molecule has 13 heteroatoms. The van der Waals surface area contributed by atoms with Crippen LogP contribution in [0.15, 0.2) is 36.5 Å². The summed E-state index contributed by atoms with van der Waals surface area (Å²) in [5.41, 5.74) is 1.93. The highest BCUT2D eigenvalue weighted by molar-refractivity contribution is 7.09. The summed E-state index contributed by atoms with van der Waals surface area (Å²) in [6, 6.07) is 9.25. The smallest absolute Gasteiger partial charge is 0.273 e. The molecule has 1 fully saturated rings. The molecule has 0 bridgehead atoms. The Morgan fingerprint density at radius 3 is 2.68 bits per heavy atom. The summed E-state index contributed by atoms with van der Waals surface area (Å²) < 4.78 is 31.0. The number of hydrogen-bond donors (Lipinski definition) is 2. The van der Waals surface area contributed by atoms with E-state index in [0.717, 1.165) is 36.2 Å². The van der Waals surface area contributed by atoms with Crippen LogP contribution in [-0.2, 0) is 14.1 Å². The van der Waals surface area contributed by atoms with E-state index in [1.165, 1.54) is 4.90 Å². The number of carbonyl (C=O) groups is 1. The van der Waals surface area contributed by atoms with Crippen LogP contribution in [0.4, 0.5) is 39.2 Å². The summed E-state index contributed by atoms with van der Waals surface area (Å²) in [4.78, 5) is 29.3. The van der Waals surface area contributed by atoms with Gasteiger partial charge >= 0.3 is 0 Å². The van der Waals surface area contributed by atoms with Crippen molar-refractivity contribution in [3.8, 4) is 5.75 Å². The molecule has 1 atom stereocenters. The average Bonchev–Trinajstić information content (AvgIpc) is 2.89. The third-order valence-corrected chi connectivity index (χ3v) is 6.37. The number of aromatic nitrogens is 3. The van der Waals surface area contributed by atoms with Crippen LogP contribution in [0.2, 0.25) is 0 Å². The minimum absolute atomic E-state index is 0.0422. The molecule has 0 aliphatic carbocycles. The van der Waals surface area contributed by atoms with Gasteiger partial charge in [0, 0.05) is 33.9 Å². The lowest BCUT2D eigenvalue weighted by molar-refractivity contribution is -0.133. The number of anilines is 6. The molecule has 0 saturated carbocycles. The van der Waals surface area contributed by atoms with Crippen molar-refractivity contribution < 1.29 is 23.2 Å². The van der Waals surface area contributed by atoms with Crippen molar-refractivity contribution in [1.29, 1.82) is 0 Å². The van der Waals surface area contributed by atoms with Gasteiger partial charge in [-0.3, -0.25) is 9.69 Å². The Morgan fingerprint density at radius 1 is 1.16 bits per heavy atom. The molecular formula is C25H29FN7O4P. The molecule has 5 rings (SSSR count). The fourth-order valence-corrected chi connectivity index (χ4v) is 4.52. The number of nitrogens with one attached hydrogen (secondary N) is 2. The van der Waals surface area contributed by atoms with Crippen LogP contribution in [-0.4, -0.2) is 59.5 Å². The Labute approximate surface area is 222 Å². The van der Waals surface area contributed by atoms with Gasteiger partial charge in [0.1, 0.15) is 12.5 Å². The number of amides is 1. The maximum atomic E-state index is 14.6. The van der Waals surface area contributed by atoms with Gasteiger partial charge in [-0.25, -0.2) is 14.4 Å². The minimum atomic E-state index is -1.08. The third-order valence-electron chi connectivity index (χ3n) is 6.22. The molecule has 3 aromatic rings. The highest BCUT2D eigenvalue weighted by atomic mass is 31.0. The fourth-order valence-electron chi connectivity index (χ4n) is 4.37. The number of aryl methyl sites for hydroxylation is 1. The molecule has 2 N–H and O–H groups in total. The molecule has 0 spiro atoms. The molecule has 1 aromatic carbocycles. The van der Waals surface area contributed by atoms with Crippen molar-refractivity contribution in [3.05, 3.63) is 47.9 Å². The van der Waals surface area contributed by atoms with Gasteiger partial charge < -0.3 is 29.5 Å². The molecule has 1 amide bonds. The Balaban J connectivity index is 1.35. The van der Waals surface area contributed by atoms with Gasteiger partial charge in [-0.1, -0.05) is 0 Å². The monoisotopic (exact) mass is 541 g/mol. The minimum Gasteiger partial charge on any atom is -0.474 e. The Bertz CT molecular complexity index is 1350. The van der Waals surface area contributed by atoms with Crippen molar-refractivity contribution in [3.63, 3.8) is 0 Å². The molecule has 1 unspecified atom stereocenters. The van der Waals surface area contributed by atoms with E-state index in [2.05, 4.69) is 40.0 Å². The Morgan fingerprint density at radius 2 is 1.95 bits per heavy atom. The molecule has 0 radical (unpaired) electrons. The van der Waals surface area contributed by atoms with Crippen LogP contribution in [0.1, 0.15) is 19.4 Å². The zero-order valence-electron chi connectivity index (χ0n) is 21.3. The van der Waals surface area contributed by atoms with Crippen LogP contribution in [0, 0.1) is 12.7 Å². The summed E-state index contributed by atoms with van der Waals surface area (Å²) >= 11 is 0. The topological polar surface area (TPSA) is 114 Å². The maximum absolute atomic E-state index is 14.6. The van der Waals surface area contributed by atoms with Crippen LogP contribution in [0.3, 0.4) is 0 Å². The van der Waals surface area contributed by atoms with Gasteiger partial charge in [-0.15, -0.1) is 0 Å². The van der Waals surface area contributed by atoms with Gasteiger partial charge in [0.15, 0.2) is 28.8 Å². The van der Waals surface area contributed by atoms with Gasteiger partial charge in [0.2, 0.25) is 5.95 Å². The van der Waals surface area contributed by atoms with E-state index in [1.54, 1.807) is 26.0 Å². The van der Waals surface area contributed by atoms with Crippen LogP contribution < -0.4 is 25.2 Å². The molecular weight excluding hydrogens is 512 g/mol. The number of fused-ring (bicyclic) bond motifs is 1. The van der Waals surface area contributed by atoms with E-state index in [0.29, 0.717) is 19.0 Å². The first-order valence-corrected chi connectivity index (χ1v) is 12.6. The maximum Gasteiger partial charge on any atom is 0.273 e. The third kappa shape index (κ3) is 5.33. The molecule has 2 aliphatic heterocycles. The van der Waals surface area contributed by atoms with Gasteiger partial charge in [-0.05, 0) is 56.7 Å². The SMILES string of the molecule is Cc1cc(Nc2ncc(F)c(Nc3ccc4c(n3)N(COP)C(=O)C(C)(C)O4)n2)ccc1N1CCOCC1. The highest BCUT2D eigenvalue weighted by Gasteiger charge is 2.42. The number of rotatable bonds is 7. The predicted molar refractivity (Wildman–Crippen MR) is 145 cm³/mol. The van der Waals surface area contributed by atoms with E-state index in [-0.39, 0.29) is 36.0 Å². The quantitative estimate of drug-likeness (QED) is 0.427. The Kier molecular flexibility index (Phi) is 7.29. The lowest BCUT2D eigenvalue weighted by Crippen LogP contribution is -2.53. The molecule has 4 heterocycles. The molecule has 11 nitrogen and oxygen atoms in total. The summed E-state index contributed by atoms with van der Waals surface area (Å²) in [5.74, 6) is 0.0914. The van der Waals surface area contributed by atoms with Gasteiger partial charge in [0.05, 0.1) is 19.4 Å². The second-order valence-electron chi connectivity index (χ2n) is 9.40. The molecule has 200 valence electrons. The van der Waals surface area contributed by atoms with Crippen molar-refractivity contribution in [2.75, 3.05) is 53.5 Å². The zero-order valence-corrected chi connectivity index (χ0v) is 22.5. The van der Waals surface area contributed by atoms with E-state index < -0.39 is 11.4 Å². The standard InChI is InChI=1S/C25H29FN7O4P/c1-15-12-16(4-5-18(15)32-8-10-35-11-9-32)28-24-27-13-17(26)21(31-24)29-20-7-6-19-22(30-20)33(14-36-38)23(34)25(2,3)37-19/h4-7,12-13H,8-11,14,38H2,1-3H3,(H2,27,28,29,30,31). The number of benzene rings is 1. The summed E-state index contributed by atoms with van der Waals surface area (Å²) in [5, 5.41) is 6.01. The molecule has 2 aromatic heterocycles. The largest absolute Gasteiger partial charge is 0.474 e. The number of morpholine rings is 1. The van der Waals surface area contributed by atoms with Crippen molar-refractivity contribution in [2.24, 2.45) is 0 Å². The van der Waals surface area contributed by atoms with Crippen molar-refractivity contribution in [2.45, 2.75) is 26.4 Å². The molecule has 38 heavy (non-hydrogen) atoms. The fraction of sp³-hybridized carbons (Fsp3) is 0.360. The van der Waals surface area contributed by atoms with Gasteiger partial charge in [-0.2, -0.15) is 4.98 Å². The molecule has 1 saturated heterocycles. The number of carbonyl (C=O) groups excluding carboxylic acids is 1. The summed E-state index contributed by atoms with van der Waals surface area (Å²) in [6.07, 6.45) is 1.08. The number of halogens is 1. The molecule has 2 aliphatic rings. The van der Waals surface area contributed by atoms with Gasteiger partial charge in [0.25, 0.3) is 5.91 Å². The highest BCUT2D eigenvalue weighted by Crippen LogP contribution is 2.37. The van der Waals surface area contributed by atoms with Crippen molar-refractivity contribution >= 4 is 50.2 Å². The van der Waals surface area contributed by atoms with E-state index in [9.17, 15) is 9.18 Å². The number of nitrogens with zero attached hydrogens (tertiary/aromatic N) is 5. The first-order chi connectivity index (χ1) is 18.2. The van der Waals surface area contributed by atoms with Crippen LogP contribution in [0.25, 0.3) is 0 Å². The van der Waals surface area contributed by atoms with E-state index in [1.807, 2.05) is 25.1 Å². The number of hydrogen-bond acceptors (Lipinski definition) is 10. The average molecular weight is 542 g/mol. The second kappa shape index (κ2) is 10.6. The zero-order chi connectivity index (χ0) is 26.9. The number of pyridine rings is 1. The van der Waals surface area contributed by atoms with E-state index >= 15 is 0 Å². The first kappa shape index (κ1) is 26.0. The Hall–Kier alpha value is -3.60. The second-order valence-corrected chi connectivity index (χ2v) is 9.73. The lowest BCUT2D eigenvalue weighted by Gasteiger charge is -2.37.